The third kappa shape index (κ3) is 5.73. The van der Waals surface area contributed by atoms with Gasteiger partial charge in [0, 0.05) is 41.7 Å². The van der Waals surface area contributed by atoms with Gasteiger partial charge in [0.2, 0.25) is 5.91 Å². The van der Waals surface area contributed by atoms with Crippen molar-refractivity contribution in [2.75, 3.05) is 34.4 Å². The summed E-state index contributed by atoms with van der Waals surface area (Å²) < 4.78 is 11.2. The molecule has 1 N–H and O–H groups in total. The van der Waals surface area contributed by atoms with E-state index >= 15 is 0 Å². The summed E-state index contributed by atoms with van der Waals surface area (Å²) in [6.07, 6.45) is 10.0. The molecule has 1 amide bonds. The first-order valence-corrected chi connectivity index (χ1v) is 12.6. The molecule has 7 heteroatoms. The van der Waals surface area contributed by atoms with E-state index in [1.165, 1.54) is 0 Å². The largest absolute Gasteiger partial charge is 0.496 e. The molecule has 6 nitrogen and oxygen atoms in total. The Bertz CT molecular complexity index is 983. The summed E-state index contributed by atoms with van der Waals surface area (Å²) in [4.78, 5) is 20.6. The van der Waals surface area contributed by atoms with Crippen LogP contribution in [0.2, 0.25) is 5.02 Å². The van der Waals surface area contributed by atoms with Crippen LogP contribution in [0.25, 0.3) is 11.1 Å². The third-order valence-corrected chi connectivity index (χ3v) is 7.80. The van der Waals surface area contributed by atoms with Crippen molar-refractivity contribution in [2.24, 2.45) is 5.41 Å². The third-order valence-electron chi connectivity index (χ3n) is 7.57. The second kappa shape index (κ2) is 11.1. The lowest BCUT2D eigenvalue weighted by atomic mass is 9.68. The number of piperidine rings is 1. The number of benzene rings is 1. The molecule has 0 unspecified atom stereocenters. The molecule has 1 saturated carbocycles. The normalized spacial score (nSPS) is 24.1. The number of carbonyl (C=O) groups excluding carboxylic acids is 1. The Morgan fingerprint density at radius 2 is 1.88 bits per heavy atom. The van der Waals surface area contributed by atoms with Crippen molar-refractivity contribution in [3.05, 3.63) is 47.2 Å². The highest BCUT2D eigenvalue weighted by Gasteiger charge is 2.42. The molecule has 2 aromatic rings. The van der Waals surface area contributed by atoms with Crippen LogP contribution in [-0.4, -0.2) is 62.3 Å². The second-order valence-corrected chi connectivity index (χ2v) is 10.3. The average molecular weight is 486 g/mol. The fourth-order valence-corrected chi connectivity index (χ4v) is 5.56. The number of pyridine rings is 1. The van der Waals surface area contributed by atoms with Crippen LogP contribution < -0.4 is 10.1 Å². The Balaban J connectivity index is 1.58. The number of amides is 1. The monoisotopic (exact) mass is 485 g/mol. The van der Waals surface area contributed by atoms with Gasteiger partial charge < -0.3 is 19.7 Å². The lowest BCUT2D eigenvalue weighted by Crippen LogP contribution is -2.51. The first kappa shape index (κ1) is 25.0. The van der Waals surface area contributed by atoms with Crippen LogP contribution in [0.5, 0.6) is 5.75 Å². The minimum Gasteiger partial charge on any atom is -0.496 e. The smallest absolute Gasteiger partial charge is 0.226 e. The van der Waals surface area contributed by atoms with E-state index in [4.69, 9.17) is 21.1 Å². The van der Waals surface area contributed by atoms with E-state index in [0.29, 0.717) is 11.4 Å². The number of nitrogens with zero attached hydrogens (tertiary/aromatic N) is 2. The standard InChI is InChI=1S/C27H36ClN3O3/c1-31-12-8-22(9-13-31)30-26(32)27(10-6-23(33-2)7-11-27)16-19-14-20(18-29-17-19)24-15-21(28)4-5-25(24)34-3/h4-5,14-15,17-18,22-23H,6-13,16H2,1-3H3,(H,30,32). The highest BCUT2D eigenvalue weighted by molar-refractivity contribution is 6.31. The van der Waals surface area contributed by atoms with Crippen molar-refractivity contribution in [3.8, 4) is 16.9 Å². The van der Waals surface area contributed by atoms with E-state index in [1.54, 1.807) is 14.2 Å². The van der Waals surface area contributed by atoms with Crippen molar-refractivity contribution in [1.82, 2.24) is 15.2 Å². The van der Waals surface area contributed by atoms with Gasteiger partial charge in [-0.05, 0) is 94.9 Å². The van der Waals surface area contributed by atoms with Crippen molar-refractivity contribution < 1.29 is 14.3 Å². The van der Waals surface area contributed by atoms with Crippen molar-refractivity contribution in [2.45, 2.75) is 57.1 Å². The van der Waals surface area contributed by atoms with E-state index in [0.717, 1.165) is 74.1 Å². The molecule has 2 aliphatic rings. The van der Waals surface area contributed by atoms with E-state index in [-0.39, 0.29) is 18.1 Å². The first-order chi connectivity index (χ1) is 16.4. The Labute approximate surface area is 208 Å². The second-order valence-electron chi connectivity index (χ2n) is 9.87. The maximum Gasteiger partial charge on any atom is 0.226 e. The maximum atomic E-state index is 13.7. The molecular formula is C27H36ClN3O3. The van der Waals surface area contributed by atoms with Crippen molar-refractivity contribution in [3.63, 3.8) is 0 Å². The number of ether oxygens (including phenoxy) is 2. The SMILES string of the molecule is COc1ccc(Cl)cc1-c1cncc(CC2(C(=O)NC3CCN(C)CC3)CCC(OC)CC2)c1. The molecule has 2 heterocycles. The lowest BCUT2D eigenvalue weighted by Gasteiger charge is -2.40. The molecule has 34 heavy (non-hydrogen) atoms. The molecule has 1 saturated heterocycles. The molecule has 1 aromatic heterocycles. The van der Waals surface area contributed by atoms with Gasteiger partial charge in [0.1, 0.15) is 5.75 Å². The fraction of sp³-hybridized carbons (Fsp3) is 0.556. The first-order valence-electron chi connectivity index (χ1n) is 12.2. The van der Waals surface area contributed by atoms with E-state index in [9.17, 15) is 4.79 Å². The number of halogens is 1. The maximum absolute atomic E-state index is 13.7. The zero-order valence-corrected chi connectivity index (χ0v) is 21.2. The summed E-state index contributed by atoms with van der Waals surface area (Å²) in [5.41, 5.74) is 2.44. The topological polar surface area (TPSA) is 63.7 Å². The lowest BCUT2D eigenvalue weighted by molar-refractivity contribution is -0.135. The Morgan fingerprint density at radius 3 is 2.56 bits per heavy atom. The number of carbonyl (C=O) groups is 1. The van der Waals surface area contributed by atoms with Gasteiger partial charge in [-0.2, -0.15) is 0 Å². The number of methoxy groups -OCH3 is 2. The predicted molar refractivity (Wildman–Crippen MR) is 135 cm³/mol. The average Bonchev–Trinajstić information content (AvgIpc) is 2.86. The molecule has 1 aromatic carbocycles. The molecule has 4 rings (SSSR count). The number of hydrogen-bond donors (Lipinski definition) is 1. The van der Waals surface area contributed by atoms with E-state index in [1.807, 2.05) is 30.6 Å². The van der Waals surface area contributed by atoms with Crippen LogP contribution in [0.1, 0.15) is 44.1 Å². The summed E-state index contributed by atoms with van der Waals surface area (Å²) in [7, 11) is 5.56. The van der Waals surface area contributed by atoms with Crippen LogP contribution in [0, 0.1) is 5.41 Å². The fourth-order valence-electron chi connectivity index (χ4n) is 5.38. The highest BCUT2D eigenvalue weighted by Crippen LogP contribution is 2.41. The van der Waals surface area contributed by atoms with Gasteiger partial charge in [0.25, 0.3) is 0 Å². The molecule has 0 radical (unpaired) electrons. The van der Waals surface area contributed by atoms with Gasteiger partial charge in [-0.3, -0.25) is 9.78 Å². The summed E-state index contributed by atoms with van der Waals surface area (Å²) in [5, 5.41) is 4.06. The van der Waals surface area contributed by atoms with Crippen LogP contribution in [0.15, 0.2) is 36.7 Å². The van der Waals surface area contributed by atoms with Gasteiger partial charge in [-0.1, -0.05) is 11.6 Å². The molecule has 0 spiro atoms. The molecule has 0 bridgehead atoms. The Hall–Kier alpha value is -2.15. The van der Waals surface area contributed by atoms with Gasteiger partial charge in [0.05, 0.1) is 18.6 Å². The van der Waals surface area contributed by atoms with E-state index in [2.05, 4.69) is 28.3 Å². The molecule has 184 valence electrons. The predicted octanol–water partition coefficient (Wildman–Crippen LogP) is 4.74. The minimum absolute atomic E-state index is 0.183. The summed E-state index contributed by atoms with van der Waals surface area (Å²) in [5.74, 6) is 0.932. The van der Waals surface area contributed by atoms with Crippen LogP contribution in [-0.2, 0) is 16.0 Å². The zero-order chi connectivity index (χ0) is 24.1. The molecule has 2 fully saturated rings. The Kier molecular flexibility index (Phi) is 8.12. The molecular weight excluding hydrogens is 450 g/mol. The number of rotatable bonds is 7. The highest BCUT2D eigenvalue weighted by atomic mass is 35.5. The summed E-state index contributed by atoms with van der Waals surface area (Å²) in [6.45, 7) is 2.05. The number of aromatic nitrogens is 1. The van der Waals surface area contributed by atoms with Gasteiger partial charge in [-0.15, -0.1) is 0 Å². The molecule has 1 aliphatic heterocycles. The van der Waals surface area contributed by atoms with E-state index < -0.39 is 5.41 Å². The van der Waals surface area contributed by atoms with Crippen LogP contribution in [0.3, 0.4) is 0 Å². The van der Waals surface area contributed by atoms with Crippen molar-refractivity contribution >= 4 is 17.5 Å². The van der Waals surface area contributed by atoms with Gasteiger partial charge >= 0.3 is 0 Å². The van der Waals surface area contributed by atoms with Crippen LogP contribution >= 0.6 is 11.6 Å². The minimum atomic E-state index is -0.447. The molecule has 1 aliphatic carbocycles. The number of nitrogens with one attached hydrogen (secondary N) is 1. The summed E-state index contributed by atoms with van der Waals surface area (Å²) in [6, 6.07) is 7.95. The number of likely N-dealkylation sites (tertiary alicyclic amines) is 1. The zero-order valence-electron chi connectivity index (χ0n) is 20.5. The quantitative estimate of drug-likeness (QED) is 0.613. The van der Waals surface area contributed by atoms with Crippen molar-refractivity contribution in [1.29, 1.82) is 0 Å². The molecule has 0 atom stereocenters. The van der Waals surface area contributed by atoms with Crippen LogP contribution in [0.4, 0.5) is 0 Å². The Morgan fingerprint density at radius 1 is 1.15 bits per heavy atom. The van der Waals surface area contributed by atoms with Gasteiger partial charge in [0.15, 0.2) is 0 Å². The van der Waals surface area contributed by atoms with Gasteiger partial charge in [-0.25, -0.2) is 0 Å². The summed E-state index contributed by atoms with van der Waals surface area (Å²) >= 11 is 6.27. The number of hydrogen-bond acceptors (Lipinski definition) is 5.